The molecule has 0 bridgehead atoms. The summed E-state index contributed by atoms with van der Waals surface area (Å²) in [5, 5.41) is 9.07. The van der Waals surface area contributed by atoms with E-state index in [2.05, 4.69) is 32.5 Å². The number of hydrogen-bond donors (Lipinski definition) is 4. The normalized spacial score (nSPS) is 22.1. The van der Waals surface area contributed by atoms with Crippen molar-refractivity contribution in [2.45, 2.75) is 31.3 Å². The van der Waals surface area contributed by atoms with Crippen molar-refractivity contribution in [2.75, 3.05) is 25.1 Å². The summed E-state index contributed by atoms with van der Waals surface area (Å²) >= 11 is 0. The molecule has 2 aromatic heterocycles. The van der Waals surface area contributed by atoms with Crippen LogP contribution in [-0.2, 0) is 28.8 Å². The van der Waals surface area contributed by atoms with E-state index in [1.807, 2.05) is 6.20 Å². The van der Waals surface area contributed by atoms with E-state index in [0.29, 0.717) is 25.7 Å². The van der Waals surface area contributed by atoms with Crippen molar-refractivity contribution in [1.82, 2.24) is 25.6 Å². The number of aryl methyl sites for hydroxylation is 1. The third kappa shape index (κ3) is 3.07. The van der Waals surface area contributed by atoms with Crippen molar-refractivity contribution in [3.8, 4) is 11.4 Å². The smallest absolute Gasteiger partial charge is 0.253 e. The fourth-order valence-electron chi connectivity index (χ4n) is 4.28. The fraction of sp³-hybridized carbons (Fsp3) is 0.400. The Balaban J connectivity index is 1.44. The summed E-state index contributed by atoms with van der Waals surface area (Å²) in [6.07, 6.45) is 5.47. The lowest BCUT2D eigenvalue weighted by molar-refractivity contribution is -0.117. The SMILES string of the molecule is C=CC(=O)N[C@@H]1COC[C@@H]1Nc1ncc2c(n1)-c1[nH]c3c(c1CC2)C(=O)NCC3. The quantitative estimate of drug-likeness (QED) is 0.555. The van der Waals surface area contributed by atoms with E-state index in [-0.39, 0.29) is 23.9 Å². The Bertz CT molecular complexity index is 1010. The molecule has 3 aliphatic rings. The third-order valence-corrected chi connectivity index (χ3v) is 5.72. The van der Waals surface area contributed by atoms with Crippen molar-refractivity contribution in [3.05, 3.63) is 41.2 Å². The van der Waals surface area contributed by atoms with Gasteiger partial charge in [-0.2, -0.15) is 0 Å². The average molecular weight is 394 g/mol. The molecule has 150 valence electrons. The maximum atomic E-state index is 12.3. The van der Waals surface area contributed by atoms with Gasteiger partial charge in [-0.3, -0.25) is 9.59 Å². The number of ether oxygens (including phenoxy) is 1. The van der Waals surface area contributed by atoms with Crippen LogP contribution < -0.4 is 16.0 Å². The maximum absolute atomic E-state index is 12.3. The highest BCUT2D eigenvalue weighted by Crippen LogP contribution is 2.36. The van der Waals surface area contributed by atoms with Gasteiger partial charge in [-0.1, -0.05) is 6.58 Å². The minimum Gasteiger partial charge on any atom is -0.377 e. The van der Waals surface area contributed by atoms with E-state index in [1.54, 1.807) is 0 Å². The first-order valence-corrected chi connectivity index (χ1v) is 9.79. The van der Waals surface area contributed by atoms with Gasteiger partial charge in [0, 0.05) is 24.9 Å². The van der Waals surface area contributed by atoms with Crippen molar-refractivity contribution in [1.29, 1.82) is 0 Å². The van der Waals surface area contributed by atoms with Crippen LogP contribution in [0.15, 0.2) is 18.9 Å². The monoisotopic (exact) mass is 394 g/mol. The molecule has 0 aromatic carbocycles. The lowest BCUT2D eigenvalue weighted by Crippen LogP contribution is -2.45. The largest absolute Gasteiger partial charge is 0.377 e. The molecule has 1 fully saturated rings. The summed E-state index contributed by atoms with van der Waals surface area (Å²) in [5.41, 5.74) is 5.60. The zero-order chi connectivity index (χ0) is 20.0. The fourth-order valence-corrected chi connectivity index (χ4v) is 4.28. The molecule has 1 saturated heterocycles. The minimum absolute atomic E-state index is 0.0106. The average Bonchev–Trinajstić information content (AvgIpc) is 3.32. The summed E-state index contributed by atoms with van der Waals surface area (Å²) in [6, 6.07) is -0.320. The van der Waals surface area contributed by atoms with Crippen LogP contribution in [0.25, 0.3) is 11.4 Å². The molecule has 2 atom stereocenters. The third-order valence-electron chi connectivity index (χ3n) is 5.72. The number of rotatable bonds is 4. The highest BCUT2D eigenvalue weighted by atomic mass is 16.5. The molecular formula is C20H22N6O3. The number of aromatic nitrogens is 3. The van der Waals surface area contributed by atoms with Gasteiger partial charge in [0.15, 0.2) is 0 Å². The standard InChI is InChI=1S/C20H22N6O3/c1-2-15(27)23-13-8-29-9-14(13)25-20-22-7-10-3-4-11-16-12(5-6-21-19(16)28)24-18(11)17(10)26-20/h2,7,13-14,24H,1,3-6,8-9H2,(H,21,28)(H,23,27)(H,22,25,26)/t13-,14+/m1/s1. The number of amides is 2. The van der Waals surface area contributed by atoms with Gasteiger partial charge in [-0.15, -0.1) is 0 Å². The van der Waals surface area contributed by atoms with Crippen LogP contribution in [0.1, 0.15) is 27.2 Å². The summed E-state index contributed by atoms with van der Waals surface area (Å²) in [4.78, 5) is 36.6. The predicted octanol–water partition coefficient (Wildman–Crippen LogP) is 0.338. The molecule has 0 saturated carbocycles. The Hall–Kier alpha value is -3.20. The molecule has 0 radical (unpaired) electrons. The van der Waals surface area contributed by atoms with Crippen LogP contribution in [0, 0.1) is 0 Å². The summed E-state index contributed by atoms with van der Waals surface area (Å²) in [7, 11) is 0. The molecule has 4 N–H and O–H groups in total. The van der Waals surface area contributed by atoms with Gasteiger partial charge in [0.05, 0.1) is 42.2 Å². The van der Waals surface area contributed by atoms with Gasteiger partial charge in [0.1, 0.15) is 0 Å². The van der Waals surface area contributed by atoms with E-state index in [1.165, 1.54) is 6.08 Å². The maximum Gasteiger partial charge on any atom is 0.253 e. The molecule has 9 heteroatoms. The highest BCUT2D eigenvalue weighted by Gasteiger charge is 2.32. The minimum atomic E-state index is -0.237. The Labute approximate surface area is 167 Å². The summed E-state index contributed by atoms with van der Waals surface area (Å²) in [6.45, 7) is 5.00. The molecule has 29 heavy (non-hydrogen) atoms. The molecule has 2 aromatic rings. The van der Waals surface area contributed by atoms with Crippen LogP contribution >= 0.6 is 0 Å². The number of nitrogens with one attached hydrogen (secondary N) is 4. The molecule has 0 spiro atoms. The Morgan fingerprint density at radius 3 is 3.00 bits per heavy atom. The van der Waals surface area contributed by atoms with Crippen molar-refractivity contribution < 1.29 is 14.3 Å². The zero-order valence-corrected chi connectivity index (χ0v) is 15.9. The number of aromatic amines is 1. The van der Waals surface area contributed by atoms with Crippen LogP contribution in [0.4, 0.5) is 5.95 Å². The molecule has 1 aliphatic carbocycles. The van der Waals surface area contributed by atoms with E-state index in [4.69, 9.17) is 9.72 Å². The molecule has 9 nitrogen and oxygen atoms in total. The van der Waals surface area contributed by atoms with Crippen LogP contribution in [0.2, 0.25) is 0 Å². The number of carbonyl (C=O) groups is 2. The summed E-state index contributed by atoms with van der Waals surface area (Å²) < 4.78 is 5.51. The number of carbonyl (C=O) groups excluding carboxylic acids is 2. The zero-order valence-electron chi connectivity index (χ0n) is 15.9. The van der Waals surface area contributed by atoms with Gasteiger partial charge in [0.2, 0.25) is 11.9 Å². The van der Waals surface area contributed by atoms with E-state index in [0.717, 1.165) is 53.0 Å². The second kappa shape index (κ2) is 7.00. The van der Waals surface area contributed by atoms with Crippen molar-refractivity contribution in [2.24, 2.45) is 0 Å². The van der Waals surface area contributed by atoms with E-state index in [9.17, 15) is 9.59 Å². The molecule has 4 heterocycles. The first-order valence-electron chi connectivity index (χ1n) is 9.79. The Kier molecular flexibility index (Phi) is 4.31. The number of nitrogens with zero attached hydrogens (tertiary/aromatic N) is 2. The molecular weight excluding hydrogens is 372 g/mol. The number of H-pyrrole nitrogens is 1. The topological polar surface area (TPSA) is 121 Å². The lowest BCUT2D eigenvalue weighted by Gasteiger charge is -2.21. The number of anilines is 1. The number of hydrogen-bond acceptors (Lipinski definition) is 6. The van der Waals surface area contributed by atoms with E-state index >= 15 is 0 Å². The molecule has 2 aliphatic heterocycles. The van der Waals surface area contributed by atoms with Gasteiger partial charge in [-0.05, 0) is 30.0 Å². The van der Waals surface area contributed by atoms with E-state index < -0.39 is 0 Å². The summed E-state index contributed by atoms with van der Waals surface area (Å²) in [5.74, 6) is 0.226. The van der Waals surface area contributed by atoms with Gasteiger partial charge in [0.25, 0.3) is 5.91 Å². The van der Waals surface area contributed by atoms with Crippen LogP contribution in [-0.4, -0.2) is 58.6 Å². The molecule has 2 amide bonds. The van der Waals surface area contributed by atoms with Gasteiger partial charge in [-0.25, -0.2) is 9.97 Å². The first kappa shape index (κ1) is 17.9. The van der Waals surface area contributed by atoms with Crippen LogP contribution in [0.5, 0.6) is 0 Å². The van der Waals surface area contributed by atoms with Crippen molar-refractivity contribution >= 4 is 17.8 Å². The highest BCUT2D eigenvalue weighted by molar-refractivity contribution is 6.00. The van der Waals surface area contributed by atoms with Gasteiger partial charge < -0.3 is 25.7 Å². The molecule has 5 rings (SSSR count). The second-order valence-electron chi connectivity index (χ2n) is 7.51. The van der Waals surface area contributed by atoms with Gasteiger partial charge >= 0.3 is 0 Å². The molecule has 0 unspecified atom stereocenters. The first-order chi connectivity index (χ1) is 14.1. The number of fused-ring (bicyclic) bond motifs is 5. The lowest BCUT2D eigenvalue weighted by atomic mass is 9.91. The predicted molar refractivity (Wildman–Crippen MR) is 106 cm³/mol. The van der Waals surface area contributed by atoms with Crippen LogP contribution in [0.3, 0.4) is 0 Å². The Morgan fingerprint density at radius 2 is 2.14 bits per heavy atom. The Morgan fingerprint density at radius 1 is 1.28 bits per heavy atom. The van der Waals surface area contributed by atoms with Crippen molar-refractivity contribution in [3.63, 3.8) is 0 Å². The second-order valence-corrected chi connectivity index (χ2v) is 7.51.